The summed E-state index contributed by atoms with van der Waals surface area (Å²) in [6, 6.07) is 6.45. The first-order valence-electron chi connectivity index (χ1n) is 6.25. The first-order chi connectivity index (χ1) is 7.76. The fraction of sp³-hybridized carbons (Fsp3) is 0.571. The van der Waals surface area contributed by atoms with Gasteiger partial charge in [0.15, 0.2) is 0 Å². The molecule has 1 unspecified atom stereocenters. The Balaban J connectivity index is 2.08. The average Bonchev–Trinajstić information content (AvgIpc) is 2.24. The monoisotopic (exact) mass is 235 g/mol. The Morgan fingerprint density at radius 1 is 1.38 bits per heavy atom. The minimum Gasteiger partial charge on any atom is -0.330 e. The lowest BCUT2D eigenvalue weighted by Gasteiger charge is -2.51. The SMILES string of the molecule is NCC1CCc2cc(Cl)ccc2C12CCC2. The number of fused-ring (bicyclic) bond motifs is 2. The van der Waals surface area contributed by atoms with E-state index in [2.05, 4.69) is 12.1 Å². The predicted octanol–water partition coefficient (Wildman–Crippen LogP) is 3.28. The van der Waals surface area contributed by atoms with Crippen molar-refractivity contribution in [2.75, 3.05) is 6.54 Å². The number of hydrogen-bond acceptors (Lipinski definition) is 1. The molecule has 1 atom stereocenters. The maximum absolute atomic E-state index is 6.08. The quantitative estimate of drug-likeness (QED) is 0.794. The molecule has 3 rings (SSSR count). The van der Waals surface area contributed by atoms with Crippen molar-refractivity contribution in [1.82, 2.24) is 0 Å². The molecule has 2 aliphatic rings. The van der Waals surface area contributed by atoms with E-state index in [1.165, 1.54) is 31.2 Å². The third-order valence-corrected chi connectivity index (χ3v) is 4.91. The third kappa shape index (κ3) is 1.34. The molecule has 1 nitrogen and oxygen atoms in total. The molecule has 0 amide bonds. The summed E-state index contributed by atoms with van der Waals surface area (Å²) in [5.74, 6) is 0.690. The van der Waals surface area contributed by atoms with Crippen LogP contribution in [-0.4, -0.2) is 6.54 Å². The van der Waals surface area contributed by atoms with Crippen LogP contribution < -0.4 is 5.73 Å². The maximum Gasteiger partial charge on any atom is 0.0408 e. The summed E-state index contributed by atoms with van der Waals surface area (Å²) >= 11 is 6.08. The van der Waals surface area contributed by atoms with E-state index in [0.29, 0.717) is 11.3 Å². The third-order valence-electron chi connectivity index (χ3n) is 4.68. The smallest absolute Gasteiger partial charge is 0.0408 e. The van der Waals surface area contributed by atoms with Crippen molar-refractivity contribution in [1.29, 1.82) is 0 Å². The second kappa shape index (κ2) is 3.75. The Labute approximate surface area is 102 Å². The zero-order valence-electron chi connectivity index (χ0n) is 9.51. The number of hydrogen-bond donors (Lipinski definition) is 1. The summed E-state index contributed by atoms with van der Waals surface area (Å²) in [6.07, 6.45) is 6.40. The van der Waals surface area contributed by atoms with E-state index < -0.39 is 0 Å². The minimum atomic E-state index is 0.410. The molecule has 1 fully saturated rings. The molecule has 0 heterocycles. The van der Waals surface area contributed by atoms with Crippen LogP contribution in [0.3, 0.4) is 0 Å². The average molecular weight is 236 g/mol. The molecule has 2 aliphatic carbocycles. The summed E-state index contributed by atoms with van der Waals surface area (Å²) < 4.78 is 0. The standard InChI is InChI=1S/C14H18ClN/c15-12-4-5-13-10(8-12)2-3-11(9-16)14(13)6-1-7-14/h4-5,8,11H,1-3,6-7,9,16H2. The van der Waals surface area contributed by atoms with Gasteiger partial charge >= 0.3 is 0 Å². The highest BCUT2D eigenvalue weighted by Crippen LogP contribution is 2.54. The summed E-state index contributed by atoms with van der Waals surface area (Å²) in [7, 11) is 0. The van der Waals surface area contributed by atoms with Gasteiger partial charge in [-0.3, -0.25) is 0 Å². The fourth-order valence-electron chi connectivity index (χ4n) is 3.66. The Morgan fingerprint density at radius 3 is 2.81 bits per heavy atom. The number of rotatable bonds is 1. The van der Waals surface area contributed by atoms with Gasteiger partial charge in [-0.05, 0) is 66.8 Å². The summed E-state index contributed by atoms with van der Waals surface area (Å²) in [5.41, 5.74) is 9.37. The molecular weight excluding hydrogens is 218 g/mol. The zero-order chi connectivity index (χ0) is 11.2. The Morgan fingerprint density at radius 2 is 2.19 bits per heavy atom. The number of benzene rings is 1. The van der Waals surface area contributed by atoms with Crippen LogP contribution in [0, 0.1) is 5.92 Å². The topological polar surface area (TPSA) is 26.0 Å². The summed E-state index contributed by atoms with van der Waals surface area (Å²) in [6.45, 7) is 0.835. The van der Waals surface area contributed by atoms with Crippen molar-refractivity contribution >= 4 is 11.6 Å². The Kier molecular flexibility index (Phi) is 2.49. The highest BCUT2D eigenvalue weighted by molar-refractivity contribution is 6.30. The van der Waals surface area contributed by atoms with Crippen LogP contribution in [0.2, 0.25) is 5.02 Å². The molecule has 2 N–H and O–H groups in total. The van der Waals surface area contributed by atoms with Gasteiger partial charge in [-0.2, -0.15) is 0 Å². The normalized spacial score (nSPS) is 26.2. The number of halogens is 1. The van der Waals surface area contributed by atoms with Gasteiger partial charge < -0.3 is 5.73 Å². The lowest BCUT2D eigenvalue weighted by molar-refractivity contribution is 0.129. The molecule has 0 aliphatic heterocycles. The van der Waals surface area contributed by atoms with Crippen molar-refractivity contribution < 1.29 is 0 Å². The van der Waals surface area contributed by atoms with Crippen LogP contribution >= 0.6 is 11.6 Å². The Bertz CT molecular complexity index is 409. The molecule has 86 valence electrons. The van der Waals surface area contributed by atoms with Gasteiger partial charge in [0.2, 0.25) is 0 Å². The number of aryl methyl sites for hydroxylation is 1. The van der Waals surface area contributed by atoms with E-state index in [0.717, 1.165) is 18.0 Å². The highest BCUT2D eigenvalue weighted by atomic mass is 35.5. The van der Waals surface area contributed by atoms with Crippen LogP contribution in [0.1, 0.15) is 36.8 Å². The predicted molar refractivity (Wildman–Crippen MR) is 67.8 cm³/mol. The first kappa shape index (κ1) is 10.6. The van der Waals surface area contributed by atoms with Gasteiger partial charge in [0.1, 0.15) is 0 Å². The first-order valence-corrected chi connectivity index (χ1v) is 6.63. The molecule has 1 saturated carbocycles. The Hall–Kier alpha value is -0.530. The van der Waals surface area contributed by atoms with E-state index >= 15 is 0 Å². The van der Waals surface area contributed by atoms with Crippen molar-refractivity contribution in [3.63, 3.8) is 0 Å². The van der Waals surface area contributed by atoms with Gasteiger partial charge in [0.05, 0.1) is 0 Å². The van der Waals surface area contributed by atoms with E-state index in [-0.39, 0.29) is 0 Å². The molecule has 1 aromatic rings. The molecule has 0 aromatic heterocycles. The zero-order valence-corrected chi connectivity index (χ0v) is 10.3. The highest BCUT2D eigenvalue weighted by Gasteiger charge is 2.47. The van der Waals surface area contributed by atoms with Crippen LogP contribution in [0.25, 0.3) is 0 Å². The van der Waals surface area contributed by atoms with Crippen LogP contribution in [0.4, 0.5) is 0 Å². The molecule has 1 aromatic carbocycles. The summed E-state index contributed by atoms with van der Waals surface area (Å²) in [5, 5.41) is 0.874. The second-order valence-electron chi connectivity index (χ2n) is 5.28. The van der Waals surface area contributed by atoms with Gasteiger partial charge in [0.25, 0.3) is 0 Å². The largest absolute Gasteiger partial charge is 0.330 e. The number of nitrogens with two attached hydrogens (primary N) is 1. The second-order valence-corrected chi connectivity index (χ2v) is 5.72. The van der Waals surface area contributed by atoms with Crippen molar-refractivity contribution in [3.05, 3.63) is 34.3 Å². The van der Waals surface area contributed by atoms with Gasteiger partial charge in [-0.1, -0.05) is 24.1 Å². The summed E-state index contributed by atoms with van der Waals surface area (Å²) in [4.78, 5) is 0. The van der Waals surface area contributed by atoms with E-state index in [4.69, 9.17) is 17.3 Å². The van der Waals surface area contributed by atoms with E-state index in [1.807, 2.05) is 6.07 Å². The molecule has 2 heteroatoms. The molecular formula is C14H18ClN. The van der Waals surface area contributed by atoms with E-state index in [1.54, 1.807) is 5.56 Å². The van der Waals surface area contributed by atoms with Gasteiger partial charge in [-0.25, -0.2) is 0 Å². The van der Waals surface area contributed by atoms with Gasteiger partial charge in [-0.15, -0.1) is 0 Å². The van der Waals surface area contributed by atoms with Crippen LogP contribution in [0.5, 0.6) is 0 Å². The van der Waals surface area contributed by atoms with Gasteiger partial charge in [0, 0.05) is 5.02 Å². The van der Waals surface area contributed by atoms with Crippen LogP contribution in [-0.2, 0) is 11.8 Å². The van der Waals surface area contributed by atoms with Crippen molar-refractivity contribution in [2.45, 2.75) is 37.5 Å². The minimum absolute atomic E-state index is 0.410. The molecule has 1 spiro atoms. The van der Waals surface area contributed by atoms with Crippen molar-refractivity contribution in [2.24, 2.45) is 11.7 Å². The fourth-order valence-corrected chi connectivity index (χ4v) is 3.85. The molecule has 0 radical (unpaired) electrons. The van der Waals surface area contributed by atoms with Crippen molar-refractivity contribution in [3.8, 4) is 0 Å². The lowest BCUT2D eigenvalue weighted by Crippen LogP contribution is -2.48. The van der Waals surface area contributed by atoms with E-state index in [9.17, 15) is 0 Å². The lowest BCUT2D eigenvalue weighted by atomic mass is 9.53. The maximum atomic E-state index is 6.08. The van der Waals surface area contributed by atoms with Crippen LogP contribution in [0.15, 0.2) is 18.2 Å². The molecule has 0 saturated heterocycles. The molecule has 0 bridgehead atoms. The molecule has 16 heavy (non-hydrogen) atoms.